The molecule has 2 aliphatic heterocycles. The molecule has 3 rings (SSSR count). The molecule has 0 radical (unpaired) electrons. The smallest absolute Gasteiger partial charge is 0.257 e. The minimum atomic E-state index is -3.65. The van der Waals surface area contributed by atoms with E-state index in [9.17, 15) is 17.6 Å². The third-order valence-electron chi connectivity index (χ3n) is 5.62. The van der Waals surface area contributed by atoms with Crippen molar-refractivity contribution in [2.75, 3.05) is 19.6 Å². The third kappa shape index (κ3) is 4.45. The van der Waals surface area contributed by atoms with E-state index in [-0.39, 0.29) is 22.7 Å². The molecule has 1 fully saturated rings. The fourth-order valence-electron chi connectivity index (χ4n) is 4.21. The van der Waals surface area contributed by atoms with Gasteiger partial charge in [-0.2, -0.15) is 4.31 Å². The highest BCUT2D eigenvalue weighted by Crippen LogP contribution is 2.31. The zero-order valence-electron chi connectivity index (χ0n) is 17.1. The summed E-state index contributed by atoms with van der Waals surface area (Å²) in [6, 6.07) is 4.86. The fraction of sp³-hybridized carbons (Fsp3) is 0.600. The van der Waals surface area contributed by atoms with E-state index in [4.69, 9.17) is 5.73 Å². The molecule has 1 unspecified atom stereocenters. The van der Waals surface area contributed by atoms with Gasteiger partial charge in [0, 0.05) is 19.6 Å². The second kappa shape index (κ2) is 8.02. The molecule has 1 aromatic carbocycles. The molecule has 29 heavy (non-hydrogen) atoms. The average Bonchev–Trinajstić information content (AvgIpc) is 2.85. The Bertz CT molecular complexity index is 893. The van der Waals surface area contributed by atoms with Gasteiger partial charge in [-0.15, -0.1) is 0 Å². The first-order chi connectivity index (χ1) is 13.5. The van der Waals surface area contributed by atoms with Crippen LogP contribution in [-0.2, 0) is 14.8 Å². The maximum absolute atomic E-state index is 13.1. The minimum absolute atomic E-state index is 0.0786. The molecule has 9 heteroatoms. The molecule has 0 aliphatic carbocycles. The number of piperidine rings is 1. The Labute approximate surface area is 171 Å². The highest BCUT2D eigenvalue weighted by Gasteiger charge is 2.45. The minimum Gasteiger partial charge on any atom is -0.369 e. The zero-order chi connectivity index (χ0) is 21.4. The maximum atomic E-state index is 13.1. The van der Waals surface area contributed by atoms with Crippen molar-refractivity contribution in [1.82, 2.24) is 9.21 Å². The van der Waals surface area contributed by atoms with Gasteiger partial charge in [-0.1, -0.05) is 13.8 Å². The Kier molecular flexibility index (Phi) is 6.01. The van der Waals surface area contributed by atoms with Crippen molar-refractivity contribution < 1.29 is 17.6 Å². The van der Waals surface area contributed by atoms with E-state index in [1.165, 1.54) is 16.4 Å². The third-order valence-corrected chi connectivity index (χ3v) is 7.53. The Balaban J connectivity index is 1.61. The van der Waals surface area contributed by atoms with Crippen LogP contribution in [0.15, 0.2) is 34.2 Å². The van der Waals surface area contributed by atoms with Crippen LogP contribution in [0.4, 0.5) is 4.39 Å². The molecular weight excluding hydrogens is 395 g/mol. The molecule has 160 valence electrons. The van der Waals surface area contributed by atoms with Crippen molar-refractivity contribution in [3.63, 3.8) is 0 Å². The monoisotopic (exact) mass is 424 g/mol. The first-order valence-electron chi connectivity index (χ1n) is 9.96. The summed E-state index contributed by atoms with van der Waals surface area (Å²) in [4.78, 5) is 18.9. The van der Waals surface area contributed by atoms with Gasteiger partial charge in [0.05, 0.1) is 4.90 Å². The first kappa shape index (κ1) is 21.7. The van der Waals surface area contributed by atoms with Gasteiger partial charge >= 0.3 is 0 Å². The van der Waals surface area contributed by atoms with Crippen molar-refractivity contribution in [3.05, 3.63) is 30.1 Å². The lowest BCUT2D eigenvalue weighted by Crippen LogP contribution is -2.47. The summed E-state index contributed by atoms with van der Waals surface area (Å²) in [7, 11) is -3.65. The van der Waals surface area contributed by atoms with E-state index in [0.717, 1.165) is 12.1 Å². The van der Waals surface area contributed by atoms with Crippen LogP contribution in [-0.4, -0.2) is 54.7 Å². The van der Waals surface area contributed by atoms with Gasteiger partial charge in [-0.3, -0.25) is 9.69 Å². The molecule has 1 amide bonds. The topological polar surface area (TPSA) is 96.1 Å². The molecule has 2 N–H and O–H groups in total. The highest BCUT2D eigenvalue weighted by molar-refractivity contribution is 7.89. The highest BCUT2D eigenvalue weighted by atomic mass is 32.2. The van der Waals surface area contributed by atoms with Gasteiger partial charge < -0.3 is 5.73 Å². The standard InChI is InChI=1S/C20H29FN4O3S/c1-14(2)12-20(3)18(26)25(19(22)23-20)13-15-8-10-24(11-9-15)29(27,28)17-6-4-16(21)5-7-17/h4-7,14-15H,8-13H2,1-3H3,(H2,22,23). The van der Waals surface area contributed by atoms with Crippen LogP contribution in [0.2, 0.25) is 0 Å². The molecule has 2 aliphatic rings. The number of hydrogen-bond donors (Lipinski definition) is 1. The summed E-state index contributed by atoms with van der Waals surface area (Å²) in [5, 5.41) is 0. The number of sulfonamides is 1. The Morgan fingerprint density at radius 2 is 1.83 bits per heavy atom. The zero-order valence-corrected chi connectivity index (χ0v) is 18.0. The van der Waals surface area contributed by atoms with Crippen LogP contribution in [0.5, 0.6) is 0 Å². The molecule has 1 aromatic rings. The fourth-order valence-corrected chi connectivity index (χ4v) is 5.68. The Morgan fingerprint density at radius 3 is 2.38 bits per heavy atom. The molecule has 2 heterocycles. The number of aliphatic imine (C=N–C) groups is 1. The average molecular weight is 425 g/mol. The summed E-state index contributed by atoms with van der Waals surface area (Å²) in [5.41, 5.74) is 5.23. The van der Waals surface area contributed by atoms with Gasteiger partial charge in [-0.25, -0.2) is 17.8 Å². The van der Waals surface area contributed by atoms with Crippen LogP contribution in [0.3, 0.4) is 0 Å². The largest absolute Gasteiger partial charge is 0.369 e. The lowest BCUT2D eigenvalue weighted by Gasteiger charge is -2.33. The molecule has 0 aromatic heterocycles. The molecule has 1 saturated heterocycles. The summed E-state index contributed by atoms with van der Waals surface area (Å²) < 4.78 is 40.0. The van der Waals surface area contributed by atoms with Gasteiger partial charge in [-0.05, 0) is 62.3 Å². The van der Waals surface area contributed by atoms with Crippen LogP contribution < -0.4 is 5.73 Å². The Hall–Kier alpha value is -2.00. The molecule has 0 spiro atoms. The lowest BCUT2D eigenvalue weighted by molar-refractivity contribution is -0.131. The maximum Gasteiger partial charge on any atom is 0.257 e. The summed E-state index contributed by atoms with van der Waals surface area (Å²) >= 11 is 0. The van der Waals surface area contributed by atoms with Crippen LogP contribution in [0.1, 0.15) is 40.0 Å². The number of carbonyl (C=O) groups is 1. The van der Waals surface area contributed by atoms with E-state index in [0.29, 0.717) is 44.8 Å². The van der Waals surface area contributed by atoms with E-state index in [1.807, 2.05) is 20.8 Å². The van der Waals surface area contributed by atoms with Crippen molar-refractivity contribution in [2.24, 2.45) is 22.6 Å². The van der Waals surface area contributed by atoms with Gasteiger partial charge in [0.15, 0.2) is 5.96 Å². The normalized spacial score (nSPS) is 24.4. The number of nitrogens with zero attached hydrogens (tertiary/aromatic N) is 3. The lowest BCUT2D eigenvalue weighted by atomic mass is 9.90. The van der Waals surface area contributed by atoms with E-state index in [1.54, 1.807) is 4.90 Å². The molecule has 1 atom stereocenters. The van der Waals surface area contributed by atoms with Crippen molar-refractivity contribution in [3.8, 4) is 0 Å². The van der Waals surface area contributed by atoms with Gasteiger partial charge in [0.2, 0.25) is 10.0 Å². The molecule has 0 saturated carbocycles. The first-order valence-corrected chi connectivity index (χ1v) is 11.4. The van der Waals surface area contributed by atoms with E-state index >= 15 is 0 Å². The second-order valence-corrected chi connectivity index (χ2v) is 10.5. The Morgan fingerprint density at radius 1 is 1.24 bits per heavy atom. The van der Waals surface area contributed by atoms with Crippen molar-refractivity contribution >= 4 is 21.9 Å². The number of benzene rings is 1. The number of carbonyl (C=O) groups excluding carboxylic acids is 1. The van der Waals surface area contributed by atoms with Crippen LogP contribution in [0, 0.1) is 17.7 Å². The van der Waals surface area contributed by atoms with Crippen LogP contribution in [0.25, 0.3) is 0 Å². The van der Waals surface area contributed by atoms with Gasteiger partial charge in [0.25, 0.3) is 5.91 Å². The predicted octanol–water partition coefficient (Wildman–Crippen LogP) is 2.19. The van der Waals surface area contributed by atoms with Crippen molar-refractivity contribution in [1.29, 1.82) is 0 Å². The molecule has 0 bridgehead atoms. The number of amides is 1. The molecular formula is C20H29FN4O3S. The van der Waals surface area contributed by atoms with Crippen molar-refractivity contribution in [2.45, 2.75) is 50.5 Å². The quantitative estimate of drug-likeness (QED) is 0.757. The second-order valence-electron chi connectivity index (χ2n) is 8.56. The number of guanidine groups is 1. The summed E-state index contributed by atoms with van der Waals surface area (Å²) in [5.74, 6) is 0.167. The van der Waals surface area contributed by atoms with E-state index in [2.05, 4.69) is 4.99 Å². The predicted molar refractivity (Wildman–Crippen MR) is 109 cm³/mol. The van der Waals surface area contributed by atoms with Gasteiger partial charge in [0.1, 0.15) is 11.4 Å². The number of hydrogen-bond acceptors (Lipinski definition) is 5. The summed E-state index contributed by atoms with van der Waals surface area (Å²) in [6.45, 7) is 7.07. The molecule has 7 nitrogen and oxygen atoms in total. The van der Waals surface area contributed by atoms with Crippen LogP contribution >= 0.6 is 0 Å². The number of nitrogens with two attached hydrogens (primary N) is 1. The SMILES string of the molecule is CC(C)CC1(C)N=C(N)N(CC2CCN(S(=O)(=O)c3ccc(F)cc3)CC2)C1=O. The number of rotatable bonds is 6. The number of halogens is 1. The van der Waals surface area contributed by atoms with E-state index < -0.39 is 21.4 Å². The summed E-state index contributed by atoms with van der Waals surface area (Å²) in [6.07, 6.45) is 1.88.